The molecule has 2 aromatic rings. The van der Waals surface area contributed by atoms with Crippen molar-refractivity contribution >= 4 is 15.8 Å². The van der Waals surface area contributed by atoms with Gasteiger partial charge in [-0.05, 0) is 24.3 Å². The van der Waals surface area contributed by atoms with E-state index in [2.05, 4.69) is 0 Å². The molecule has 29 heavy (non-hydrogen) atoms. The Bertz CT molecular complexity index is 1140. The number of aliphatic hydroxyl groups excluding tert-OH is 1. The normalized spacial score (nSPS) is 20.6. The second-order valence-electron chi connectivity index (χ2n) is 6.47. The topological polar surface area (TPSA) is 114 Å². The van der Waals surface area contributed by atoms with Gasteiger partial charge >= 0.3 is 5.97 Å². The second kappa shape index (κ2) is 7.42. The number of nitrogens with zero attached hydrogens (tertiary/aromatic N) is 1. The number of ether oxygens (including phenoxy) is 2. The molecular formula is C19H15F2NO6S. The van der Waals surface area contributed by atoms with Crippen LogP contribution in [0.15, 0.2) is 35.2 Å². The van der Waals surface area contributed by atoms with Crippen molar-refractivity contribution in [3.8, 4) is 17.6 Å². The van der Waals surface area contributed by atoms with E-state index in [0.717, 1.165) is 31.4 Å². The Labute approximate surface area is 165 Å². The fraction of sp³-hybridized carbons (Fsp3) is 0.263. The van der Waals surface area contributed by atoms with E-state index in [0.29, 0.717) is 0 Å². The summed E-state index contributed by atoms with van der Waals surface area (Å²) < 4.78 is 63.2. The first-order valence-corrected chi connectivity index (χ1v) is 10.2. The first kappa shape index (κ1) is 20.7. The maximum atomic E-state index is 14.7. The highest BCUT2D eigenvalue weighted by Crippen LogP contribution is 2.50. The van der Waals surface area contributed by atoms with E-state index in [9.17, 15) is 27.1 Å². The number of aliphatic hydroxyl groups is 1. The number of hydrogen-bond acceptors (Lipinski definition) is 7. The molecule has 0 amide bonds. The SMILES string of the molecule is CC(=O)OC1c2c(S(C)(=O)=O)ccc(Oc3cc(F)cc(C#N)c3)c2[C@@H](O)C1F. The number of alkyl halides is 1. The minimum atomic E-state index is -3.88. The molecule has 0 heterocycles. The van der Waals surface area contributed by atoms with Gasteiger partial charge in [0.25, 0.3) is 0 Å². The summed E-state index contributed by atoms with van der Waals surface area (Å²) in [7, 11) is -3.88. The quantitative estimate of drug-likeness (QED) is 0.752. The number of carbonyl (C=O) groups is 1. The molecule has 0 saturated carbocycles. The third-order valence-corrected chi connectivity index (χ3v) is 5.45. The largest absolute Gasteiger partial charge is 0.457 e. The fourth-order valence-electron chi connectivity index (χ4n) is 3.21. The zero-order valence-electron chi connectivity index (χ0n) is 15.2. The number of rotatable bonds is 4. The average molecular weight is 423 g/mol. The molecule has 3 rings (SSSR count). The minimum Gasteiger partial charge on any atom is -0.457 e. The Morgan fingerprint density at radius 3 is 2.52 bits per heavy atom. The number of fused-ring (bicyclic) bond motifs is 1. The van der Waals surface area contributed by atoms with Crippen molar-refractivity contribution in [1.29, 1.82) is 5.26 Å². The van der Waals surface area contributed by atoms with Crippen molar-refractivity contribution in [2.24, 2.45) is 0 Å². The summed E-state index contributed by atoms with van der Waals surface area (Å²) in [4.78, 5) is 11.1. The van der Waals surface area contributed by atoms with Crippen LogP contribution in [-0.2, 0) is 19.4 Å². The van der Waals surface area contributed by atoms with Gasteiger partial charge in [-0.15, -0.1) is 0 Å². The van der Waals surface area contributed by atoms with Gasteiger partial charge in [0.15, 0.2) is 22.1 Å². The van der Waals surface area contributed by atoms with Crippen LogP contribution in [0.25, 0.3) is 0 Å². The molecule has 1 N–H and O–H groups in total. The Morgan fingerprint density at radius 2 is 1.93 bits per heavy atom. The maximum absolute atomic E-state index is 14.7. The van der Waals surface area contributed by atoms with Gasteiger partial charge in [0.05, 0.1) is 16.5 Å². The smallest absolute Gasteiger partial charge is 0.303 e. The van der Waals surface area contributed by atoms with Gasteiger partial charge in [0, 0.05) is 30.4 Å². The van der Waals surface area contributed by atoms with Crippen molar-refractivity contribution < 1.29 is 36.6 Å². The van der Waals surface area contributed by atoms with Crippen LogP contribution in [-0.4, -0.2) is 31.9 Å². The maximum Gasteiger partial charge on any atom is 0.303 e. The Hall–Kier alpha value is -3.03. The number of carbonyl (C=O) groups excluding carboxylic acids is 1. The molecule has 0 saturated heterocycles. The van der Waals surface area contributed by atoms with Crippen molar-refractivity contribution in [3.63, 3.8) is 0 Å². The number of halogens is 2. The molecule has 0 spiro atoms. The molecule has 152 valence electrons. The molecule has 0 aromatic heterocycles. The van der Waals surface area contributed by atoms with Crippen molar-refractivity contribution in [1.82, 2.24) is 0 Å². The Morgan fingerprint density at radius 1 is 1.24 bits per heavy atom. The van der Waals surface area contributed by atoms with Crippen molar-refractivity contribution in [2.75, 3.05) is 6.26 Å². The first-order chi connectivity index (χ1) is 13.5. The highest BCUT2D eigenvalue weighted by atomic mass is 32.2. The molecule has 0 fully saturated rings. The highest BCUT2D eigenvalue weighted by Gasteiger charge is 2.47. The summed E-state index contributed by atoms with van der Waals surface area (Å²) in [6.45, 7) is 1.02. The van der Waals surface area contributed by atoms with E-state index in [1.807, 2.05) is 0 Å². The predicted octanol–water partition coefficient (Wildman–Crippen LogP) is 2.88. The van der Waals surface area contributed by atoms with E-state index in [-0.39, 0.29) is 33.1 Å². The van der Waals surface area contributed by atoms with Crippen molar-refractivity contribution in [2.45, 2.75) is 30.2 Å². The minimum absolute atomic E-state index is 0.0360. The van der Waals surface area contributed by atoms with Crippen LogP contribution in [0, 0.1) is 17.1 Å². The molecule has 2 unspecified atom stereocenters. The fourth-order valence-corrected chi connectivity index (χ4v) is 4.15. The molecule has 0 radical (unpaired) electrons. The summed E-state index contributed by atoms with van der Waals surface area (Å²) in [6.07, 6.45) is -4.76. The van der Waals surface area contributed by atoms with E-state index >= 15 is 0 Å². The number of hydrogen-bond donors (Lipinski definition) is 1. The molecule has 7 nitrogen and oxygen atoms in total. The summed E-state index contributed by atoms with van der Waals surface area (Å²) in [5.41, 5.74) is -0.502. The molecule has 1 aliphatic rings. The van der Waals surface area contributed by atoms with Crippen LogP contribution in [0.5, 0.6) is 11.5 Å². The van der Waals surface area contributed by atoms with Gasteiger partial charge in [-0.25, -0.2) is 17.2 Å². The predicted molar refractivity (Wildman–Crippen MR) is 95.1 cm³/mol. The monoisotopic (exact) mass is 423 g/mol. The molecule has 3 atom stereocenters. The van der Waals surface area contributed by atoms with Gasteiger partial charge in [-0.1, -0.05) is 0 Å². The number of nitriles is 1. The molecular weight excluding hydrogens is 408 g/mol. The molecule has 1 aliphatic carbocycles. The van der Waals surface area contributed by atoms with Gasteiger partial charge < -0.3 is 14.6 Å². The van der Waals surface area contributed by atoms with E-state index < -0.39 is 40.0 Å². The lowest BCUT2D eigenvalue weighted by molar-refractivity contribution is -0.151. The lowest BCUT2D eigenvalue weighted by atomic mass is 10.1. The summed E-state index contributed by atoms with van der Waals surface area (Å²) in [5, 5.41) is 19.3. The zero-order valence-corrected chi connectivity index (χ0v) is 16.0. The number of esters is 1. The lowest BCUT2D eigenvalue weighted by Crippen LogP contribution is -2.19. The third-order valence-electron chi connectivity index (χ3n) is 4.30. The summed E-state index contributed by atoms with van der Waals surface area (Å²) >= 11 is 0. The van der Waals surface area contributed by atoms with Gasteiger partial charge in [-0.3, -0.25) is 4.79 Å². The Kier molecular flexibility index (Phi) is 5.30. The first-order valence-electron chi connectivity index (χ1n) is 8.27. The summed E-state index contributed by atoms with van der Waals surface area (Å²) in [5.74, 6) is -1.90. The van der Waals surface area contributed by atoms with Gasteiger partial charge in [0.2, 0.25) is 0 Å². The average Bonchev–Trinajstić information content (AvgIpc) is 2.85. The van der Waals surface area contributed by atoms with Gasteiger partial charge in [-0.2, -0.15) is 5.26 Å². The van der Waals surface area contributed by atoms with Crippen LogP contribution in [0.3, 0.4) is 0 Å². The molecule has 2 aromatic carbocycles. The van der Waals surface area contributed by atoms with E-state index in [1.165, 1.54) is 12.1 Å². The van der Waals surface area contributed by atoms with Crippen LogP contribution in [0.4, 0.5) is 8.78 Å². The second-order valence-corrected chi connectivity index (χ2v) is 8.45. The van der Waals surface area contributed by atoms with E-state index in [4.69, 9.17) is 14.7 Å². The summed E-state index contributed by atoms with van der Waals surface area (Å²) in [6, 6.07) is 7.22. The van der Waals surface area contributed by atoms with Crippen LogP contribution < -0.4 is 4.74 Å². The zero-order chi connectivity index (χ0) is 21.5. The number of sulfone groups is 1. The number of benzene rings is 2. The molecule has 0 bridgehead atoms. The standard InChI is InChI=1S/C19H15F2NO6S/c1-9(23)27-19-16-14(29(2,25)26)4-3-13(15(16)18(24)17(19)21)28-12-6-10(8-22)5-11(20)7-12/h3-7,17-19,24H,1-2H3/t17?,18-,19?/m1/s1. The Balaban J connectivity index is 2.20. The van der Waals surface area contributed by atoms with Crippen LogP contribution in [0.1, 0.15) is 35.8 Å². The van der Waals surface area contributed by atoms with Crippen LogP contribution in [0.2, 0.25) is 0 Å². The molecule has 10 heteroatoms. The lowest BCUT2D eigenvalue weighted by Gasteiger charge is -2.17. The third kappa shape index (κ3) is 3.92. The van der Waals surface area contributed by atoms with E-state index in [1.54, 1.807) is 6.07 Å². The molecule has 0 aliphatic heterocycles. The van der Waals surface area contributed by atoms with Crippen LogP contribution >= 0.6 is 0 Å². The van der Waals surface area contributed by atoms with Gasteiger partial charge in [0.1, 0.15) is 23.4 Å². The van der Waals surface area contributed by atoms with Crippen molar-refractivity contribution in [3.05, 3.63) is 52.8 Å². The highest BCUT2D eigenvalue weighted by molar-refractivity contribution is 7.90.